The number of isocyanates is 1. The third-order valence-electron chi connectivity index (χ3n) is 0.940. The van der Waals surface area contributed by atoms with Crippen LogP contribution < -0.4 is 0 Å². The highest BCUT2D eigenvalue weighted by Crippen LogP contribution is 1.92. The maximum absolute atomic E-state index is 8.35. The number of hydrogen-bond donors (Lipinski definition) is 1. The van der Waals surface area contributed by atoms with Crippen molar-refractivity contribution < 1.29 is 4.79 Å². The van der Waals surface area contributed by atoms with E-state index in [0.29, 0.717) is 0 Å². The van der Waals surface area contributed by atoms with Crippen molar-refractivity contribution in [1.82, 2.24) is 0 Å². The van der Waals surface area contributed by atoms with Crippen molar-refractivity contribution >= 4 is 6.08 Å². The van der Waals surface area contributed by atoms with Crippen molar-refractivity contribution in [3.8, 4) is 0 Å². The van der Waals surface area contributed by atoms with Crippen molar-refractivity contribution in [3.63, 3.8) is 0 Å². The van der Waals surface area contributed by atoms with Crippen LogP contribution in [-0.2, 0) is 4.79 Å². The molecule has 1 N–H and O–H groups in total. The van der Waals surface area contributed by atoms with Crippen molar-refractivity contribution in [2.75, 3.05) is 0 Å². The van der Waals surface area contributed by atoms with E-state index in [1.807, 2.05) is 18.2 Å². The van der Waals surface area contributed by atoms with Crippen LogP contribution in [0, 0.1) is 12.3 Å². The minimum absolute atomic E-state index is 0.750. The van der Waals surface area contributed by atoms with E-state index in [2.05, 4.69) is 19.1 Å². The van der Waals surface area contributed by atoms with E-state index in [0.717, 1.165) is 6.08 Å². The molecule has 2 nitrogen and oxygen atoms in total. The van der Waals surface area contributed by atoms with Crippen LogP contribution in [0.25, 0.3) is 0 Å². The Balaban J connectivity index is 0.000000236. The maximum Gasteiger partial charge on any atom is 0.231 e. The van der Waals surface area contributed by atoms with E-state index in [-0.39, 0.29) is 0 Å². The molecule has 52 valence electrons. The summed E-state index contributed by atoms with van der Waals surface area (Å²) in [5.74, 6) is 0. The number of benzene rings is 1. The topological polar surface area (TPSA) is 40.9 Å². The smallest absolute Gasteiger partial charge is 0.222 e. The number of nitrogens with one attached hydrogen (secondary N) is 1. The van der Waals surface area contributed by atoms with Crippen molar-refractivity contribution in [3.05, 3.63) is 35.9 Å². The molecule has 0 amide bonds. The summed E-state index contributed by atoms with van der Waals surface area (Å²) >= 11 is 0. The van der Waals surface area contributed by atoms with E-state index >= 15 is 0 Å². The second kappa shape index (κ2) is 5.73. The third kappa shape index (κ3) is 4.75. The molecule has 0 unspecified atom stereocenters. The Labute approximate surface area is 60.0 Å². The molecular formula is C8H9NO. The number of carbonyl (C=O) groups excluding carboxylic acids is 1. The Morgan fingerprint density at radius 1 is 1.30 bits per heavy atom. The molecule has 10 heavy (non-hydrogen) atoms. The highest BCUT2D eigenvalue weighted by molar-refractivity contribution is 5.26. The Hall–Kier alpha value is -1.40. The van der Waals surface area contributed by atoms with Crippen LogP contribution in [0.1, 0.15) is 5.56 Å². The molecule has 0 spiro atoms. The van der Waals surface area contributed by atoms with Crippen LogP contribution >= 0.6 is 0 Å². The van der Waals surface area contributed by atoms with Crippen molar-refractivity contribution in [2.45, 2.75) is 6.92 Å². The second-order valence-corrected chi connectivity index (χ2v) is 1.76. The van der Waals surface area contributed by atoms with Crippen LogP contribution in [-0.4, -0.2) is 6.08 Å². The first-order chi connectivity index (χ1) is 4.81. The predicted molar refractivity (Wildman–Crippen MR) is 39.6 cm³/mol. The van der Waals surface area contributed by atoms with E-state index in [1.165, 1.54) is 5.56 Å². The molecule has 0 aromatic heterocycles. The summed E-state index contributed by atoms with van der Waals surface area (Å²) in [4.78, 5) is 8.35. The van der Waals surface area contributed by atoms with Gasteiger partial charge in [0.05, 0.1) is 0 Å². The molecule has 0 aliphatic heterocycles. The van der Waals surface area contributed by atoms with Crippen molar-refractivity contribution in [2.24, 2.45) is 0 Å². The van der Waals surface area contributed by atoms with Crippen molar-refractivity contribution in [1.29, 1.82) is 5.41 Å². The van der Waals surface area contributed by atoms with Crippen LogP contribution in [0.4, 0.5) is 0 Å². The molecule has 0 saturated heterocycles. The molecule has 0 aliphatic rings. The minimum atomic E-state index is 0.750. The molecule has 1 aromatic rings. The zero-order valence-electron chi connectivity index (χ0n) is 5.79. The fourth-order valence-electron chi connectivity index (χ4n) is 0.534. The maximum atomic E-state index is 8.35. The molecule has 0 saturated carbocycles. The molecule has 1 aromatic carbocycles. The van der Waals surface area contributed by atoms with E-state index < -0.39 is 0 Å². The predicted octanol–water partition coefficient (Wildman–Crippen LogP) is 1.90. The summed E-state index contributed by atoms with van der Waals surface area (Å²) in [6.45, 7) is 2.08. The average Bonchev–Trinajstić information content (AvgIpc) is 1.91. The Morgan fingerprint density at radius 3 is 1.90 bits per heavy atom. The van der Waals surface area contributed by atoms with Gasteiger partial charge in [-0.15, -0.1) is 0 Å². The third-order valence-corrected chi connectivity index (χ3v) is 0.940. The zero-order valence-corrected chi connectivity index (χ0v) is 5.79. The molecule has 0 fully saturated rings. The molecule has 2 heteroatoms. The van der Waals surface area contributed by atoms with Gasteiger partial charge in [-0.1, -0.05) is 35.9 Å². The molecule has 0 bridgehead atoms. The lowest BCUT2D eigenvalue weighted by atomic mass is 10.2. The standard InChI is InChI=1S/C7H8.CHNO/c1-7-5-3-2-4-6-7;2-1-3/h2-6H,1H3;2H. The average molecular weight is 135 g/mol. The van der Waals surface area contributed by atoms with Gasteiger partial charge in [0.15, 0.2) is 0 Å². The first kappa shape index (κ1) is 8.60. The fourth-order valence-corrected chi connectivity index (χ4v) is 0.534. The number of aryl methyl sites for hydroxylation is 1. The summed E-state index contributed by atoms with van der Waals surface area (Å²) in [5.41, 5.74) is 1.32. The SMILES string of the molecule is Cc1ccccc1.N=C=O. The normalized spacial score (nSPS) is 6.90. The first-order valence-electron chi connectivity index (χ1n) is 2.86. The quantitative estimate of drug-likeness (QED) is 0.428. The summed E-state index contributed by atoms with van der Waals surface area (Å²) < 4.78 is 0. The van der Waals surface area contributed by atoms with Gasteiger partial charge in [0.2, 0.25) is 6.08 Å². The Morgan fingerprint density at radius 2 is 1.70 bits per heavy atom. The van der Waals surface area contributed by atoms with Crippen LogP contribution in [0.3, 0.4) is 0 Å². The summed E-state index contributed by atoms with van der Waals surface area (Å²) in [7, 11) is 0. The lowest BCUT2D eigenvalue weighted by Crippen LogP contribution is -1.62. The second-order valence-electron chi connectivity index (χ2n) is 1.76. The monoisotopic (exact) mass is 135 g/mol. The molecule has 1 rings (SSSR count). The van der Waals surface area contributed by atoms with Gasteiger partial charge in [-0.25, -0.2) is 10.2 Å². The lowest BCUT2D eigenvalue weighted by molar-refractivity contribution is 0.563. The molecule has 0 aliphatic carbocycles. The summed E-state index contributed by atoms with van der Waals surface area (Å²) in [5, 5.41) is 5.40. The van der Waals surface area contributed by atoms with Gasteiger partial charge in [0.25, 0.3) is 0 Å². The molecule has 0 radical (unpaired) electrons. The first-order valence-corrected chi connectivity index (χ1v) is 2.86. The molecule has 0 atom stereocenters. The van der Waals surface area contributed by atoms with Gasteiger partial charge < -0.3 is 0 Å². The van der Waals surface area contributed by atoms with Gasteiger partial charge in [0.1, 0.15) is 0 Å². The van der Waals surface area contributed by atoms with E-state index in [9.17, 15) is 0 Å². The zero-order chi connectivity index (χ0) is 7.82. The number of rotatable bonds is 0. The largest absolute Gasteiger partial charge is 0.231 e. The molecular weight excluding hydrogens is 126 g/mol. The van der Waals surface area contributed by atoms with Gasteiger partial charge in [-0.05, 0) is 6.92 Å². The summed E-state index contributed by atoms with van der Waals surface area (Å²) in [6.07, 6.45) is 0.750. The van der Waals surface area contributed by atoms with Gasteiger partial charge in [-0.2, -0.15) is 0 Å². The van der Waals surface area contributed by atoms with E-state index in [4.69, 9.17) is 10.2 Å². The number of hydrogen-bond acceptors (Lipinski definition) is 2. The van der Waals surface area contributed by atoms with Gasteiger partial charge in [0, 0.05) is 0 Å². The minimum Gasteiger partial charge on any atom is -0.222 e. The van der Waals surface area contributed by atoms with Crippen LogP contribution in [0.15, 0.2) is 30.3 Å². The van der Waals surface area contributed by atoms with Gasteiger partial charge >= 0.3 is 0 Å². The fraction of sp³-hybridized carbons (Fsp3) is 0.125. The van der Waals surface area contributed by atoms with E-state index in [1.54, 1.807) is 0 Å². The van der Waals surface area contributed by atoms with Crippen LogP contribution in [0.2, 0.25) is 0 Å². The molecule has 0 heterocycles. The summed E-state index contributed by atoms with van der Waals surface area (Å²) in [6, 6.07) is 10.3. The lowest BCUT2D eigenvalue weighted by Gasteiger charge is -1.82. The Kier molecular flexibility index (Phi) is 4.93. The highest BCUT2D eigenvalue weighted by atomic mass is 16.1. The Bertz CT molecular complexity index is 200. The highest BCUT2D eigenvalue weighted by Gasteiger charge is 1.72. The van der Waals surface area contributed by atoms with Crippen LogP contribution in [0.5, 0.6) is 0 Å². The van der Waals surface area contributed by atoms with Gasteiger partial charge in [-0.3, -0.25) is 0 Å².